The molecule has 3 saturated heterocycles. The zero-order valence-electron chi connectivity index (χ0n) is 36.4. The lowest BCUT2D eigenvalue weighted by Gasteiger charge is -2.43. The first-order chi connectivity index (χ1) is 30.5. The molecule has 1 atom stereocenters. The highest BCUT2D eigenvalue weighted by atomic mass is 16.6. The van der Waals surface area contributed by atoms with Crippen LogP contribution in [0.5, 0.6) is 0 Å². The maximum Gasteiger partial charge on any atom is 0.409 e. The number of benzene rings is 2. The van der Waals surface area contributed by atoms with Gasteiger partial charge in [-0.15, -0.1) is 13.2 Å². The van der Waals surface area contributed by atoms with Gasteiger partial charge in [0.15, 0.2) is 13.5 Å². The zero-order valence-corrected chi connectivity index (χ0v) is 36.4. The van der Waals surface area contributed by atoms with Crippen molar-refractivity contribution < 1.29 is 28.7 Å². The summed E-state index contributed by atoms with van der Waals surface area (Å²) in [5.41, 5.74) is 3.56. The van der Waals surface area contributed by atoms with E-state index in [1.54, 1.807) is 27.9 Å². The Labute approximate surface area is 367 Å². The molecule has 17 heteroatoms. The first kappa shape index (κ1) is 44.8. The molecule has 0 unspecified atom stereocenters. The van der Waals surface area contributed by atoms with E-state index >= 15 is 0 Å². The number of alkyl carbamates (subject to hydrolysis) is 2. The number of pyridine rings is 1. The molecule has 7 rings (SSSR count). The second-order valence-corrected chi connectivity index (χ2v) is 16.7. The summed E-state index contributed by atoms with van der Waals surface area (Å²) in [6.07, 6.45) is 7.17. The zero-order chi connectivity index (χ0) is 44.5. The van der Waals surface area contributed by atoms with Crippen molar-refractivity contribution in [2.75, 3.05) is 72.5 Å². The van der Waals surface area contributed by atoms with Crippen molar-refractivity contribution in [2.45, 2.75) is 70.5 Å². The Morgan fingerprint density at radius 3 is 2.17 bits per heavy atom. The molecule has 17 nitrogen and oxygen atoms in total. The van der Waals surface area contributed by atoms with Crippen molar-refractivity contribution in [1.82, 2.24) is 49.9 Å². The van der Waals surface area contributed by atoms with Crippen LogP contribution in [0.25, 0.3) is 21.8 Å². The summed E-state index contributed by atoms with van der Waals surface area (Å²) in [6.45, 7) is 15.0. The average Bonchev–Trinajstić information content (AvgIpc) is 3.72. The maximum absolute atomic E-state index is 14.5. The van der Waals surface area contributed by atoms with Crippen LogP contribution in [0.2, 0.25) is 0 Å². The number of aromatic nitrogens is 3. The summed E-state index contributed by atoms with van der Waals surface area (Å²) in [5, 5.41) is 14.4. The third kappa shape index (κ3) is 10.9. The number of ether oxygens (including phenoxy) is 2. The second kappa shape index (κ2) is 20.8. The van der Waals surface area contributed by atoms with E-state index in [1.807, 2.05) is 54.3 Å². The van der Waals surface area contributed by atoms with Gasteiger partial charge < -0.3 is 40.1 Å². The lowest BCUT2D eigenvalue weighted by molar-refractivity contribution is -0.135. The smallest absolute Gasteiger partial charge is 0.409 e. The SMILES string of the molecule is C=CCNC(=O)OCn1ncc2cc(C[C@@H](NC(=O)N3CCC(c4cc5ccccc5n(COC(=O)NCC=C)c4=O)CC3)C(=O)N3CCN(C4CCN(C)CC4)CC3)cc(C)c21. The summed E-state index contributed by atoms with van der Waals surface area (Å²) in [6, 6.07) is 12.7. The summed E-state index contributed by atoms with van der Waals surface area (Å²) in [4.78, 5) is 75.4. The van der Waals surface area contributed by atoms with Crippen molar-refractivity contribution >= 4 is 45.9 Å². The van der Waals surface area contributed by atoms with E-state index in [-0.39, 0.29) is 56.4 Å². The quantitative estimate of drug-likeness (QED) is 0.156. The third-order valence-corrected chi connectivity index (χ3v) is 12.5. The predicted octanol–water partition coefficient (Wildman–Crippen LogP) is 4.14. The van der Waals surface area contributed by atoms with Crippen LogP contribution in [0.15, 0.2) is 78.8 Å². The Kier molecular flexibility index (Phi) is 14.8. The molecule has 63 heavy (non-hydrogen) atoms. The van der Waals surface area contributed by atoms with E-state index in [0.29, 0.717) is 56.1 Å². The van der Waals surface area contributed by atoms with Crippen LogP contribution in [0.1, 0.15) is 48.3 Å². The van der Waals surface area contributed by atoms with Gasteiger partial charge in [-0.3, -0.25) is 19.1 Å². The van der Waals surface area contributed by atoms with Crippen LogP contribution < -0.4 is 21.5 Å². The molecular formula is C46H60N10O7. The lowest BCUT2D eigenvalue weighted by Crippen LogP contribution is -2.59. The Balaban J connectivity index is 1.05. The number of hydrogen-bond donors (Lipinski definition) is 3. The average molecular weight is 865 g/mol. The van der Waals surface area contributed by atoms with Gasteiger partial charge in [0.05, 0.1) is 17.2 Å². The number of aryl methyl sites for hydroxylation is 1. The Morgan fingerprint density at radius 1 is 0.825 bits per heavy atom. The number of hydrogen-bond acceptors (Lipinski definition) is 10. The summed E-state index contributed by atoms with van der Waals surface area (Å²) < 4.78 is 13.8. The molecule has 0 spiro atoms. The second-order valence-electron chi connectivity index (χ2n) is 16.7. The van der Waals surface area contributed by atoms with Crippen molar-refractivity contribution in [3.05, 3.63) is 101 Å². The molecule has 3 fully saturated rings. The minimum Gasteiger partial charge on any atom is -0.428 e. The van der Waals surface area contributed by atoms with Gasteiger partial charge >= 0.3 is 18.2 Å². The molecule has 2 aromatic heterocycles. The van der Waals surface area contributed by atoms with Crippen LogP contribution >= 0.6 is 0 Å². The van der Waals surface area contributed by atoms with Crippen molar-refractivity contribution in [2.24, 2.45) is 0 Å². The van der Waals surface area contributed by atoms with Crippen molar-refractivity contribution in [1.29, 1.82) is 0 Å². The van der Waals surface area contributed by atoms with Gasteiger partial charge in [0, 0.05) is 75.8 Å². The number of likely N-dealkylation sites (tertiary alicyclic amines) is 2. The molecule has 3 aliphatic rings. The fraction of sp³-hybridized carbons (Fsp3) is 0.478. The third-order valence-electron chi connectivity index (χ3n) is 12.5. The van der Waals surface area contributed by atoms with E-state index in [9.17, 15) is 24.0 Å². The number of urea groups is 1. The van der Waals surface area contributed by atoms with Crippen LogP contribution in [-0.2, 0) is 34.2 Å². The number of rotatable bonds is 14. The number of piperidine rings is 2. The molecule has 4 aromatic rings. The fourth-order valence-electron chi connectivity index (χ4n) is 9.12. The lowest BCUT2D eigenvalue weighted by atomic mass is 9.89. The number of carbonyl (C=O) groups excluding carboxylic acids is 4. The molecule has 5 amide bonds. The Hall–Kier alpha value is -6.20. The van der Waals surface area contributed by atoms with Crippen LogP contribution in [-0.4, -0.2) is 143 Å². The molecule has 0 saturated carbocycles. The van der Waals surface area contributed by atoms with Crippen molar-refractivity contribution in [3.8, 4) is 0 Å². The number of para-hydroxylation sites is 1. The van der Waals surface area contributed by atoms with Gasteiger partial charge in [0.1, 0.15) is 6.04 Å². The molecular weight excluding hydrogens is 805 g/mol. The molecule has 0 bridgehead atoms. The molecule has 0 radical (unpaired) electrons. The highest BCUT2D eigenvalue weighted by molar-refractivity contribution is 5.88. The topological polar surface area (TPSA) is 176 Å². The summed E-state index contributed by atoms with van der Waals surface area (Å²) >= 11 is 0. The standard InChI is InChI=1S/C46H60N10O7/c1-5-15-47-45(60)62-30-55-40-10-8-7-9-35(40)28-38(42(55)57)34-11-19-54(20-12-34)44(59)50-39(43(58)53-23-21-52(22-24-53)37-13-17-51(4)18-14-37)27-33-25-32(3)41-36(26-33)29-49-56(41)31-63-46(61)48-16-6-2/h5-10,25-26,28-29,34,37,39H,1-2,11-24,27,30-31H2,3-4H3,(H,47,60)(H,48,61)(H,50,59)/t39-/m1/s1. The Morgan fingerprint density at radius 2 is 1.49 bits per heavy atom. The monoisotopic (exact) mass is 864 g/mol. The van der Waals surface area contributed by atoms with E-state index in [1.165, 1.54) is 4.57 Å². The number of nitrogens with one attached hydrogen (secondary N) is 3. The first-order valence-electron chi connectivity index (χ1n) is 21.9. The van der Waals surface area contributed by atoms with Crippen LogP contribution in [0.4, 0.5) is 14.4 Å². The van der Waals surface area contributed by atoms with Crippen LogP contribution in [0.3, 0.4) is 0 Å². The summed E-state index contributed by atoms with van der Waals surface area (Å²) in [7, 11) is 2.16. The first-order valence-corrected chi connectivity index (χ1v) is 21.9. The predicted molar refractivity (Wildman–Crippen MR) is 240 cm³/mol. The molecule has 3 aliphatic heterocycles. The highest BCUT2D eigenvalue weighted by Gasteiger charge is 2.34. The normalized spacial score (nSPS) is 17.3. The number of carbonyl (C=O) groups is 4. The van der Waals surface area contributed by atoms with Crippen molar-refractivity contribution in [3.63, 3.8) is 0 Å². The fourth-order valence-corrected chi connectivity index (χ4v) is 9.12. The molecule has 3 N–H and O–H groups in total. The van der Waals surface area contributed by atoms with Gasteiger partial charge in [-0.05, 0) is 93.4 Å². The van der Waals surface area contributed by atoms with Gasteiger partial charge in [0.2, 0.25) is 5.91 Å². The molecule has 0 aliphatic carbocycles. The van der Waals surface area contributed by atoms with Gasteiger partial charge in [-0.2, -0.15) is 5.10 Å². The van der Waals surface area contributed by atoms with Gasteiger partial charge in [0.25, 0.3) is 5.56 Å². The van der Waals surface area contributed by atoms with Crippen LogP contribution in [0, 0.1) is 6.92 Å². The summed E-state index contributed by atoms with van der Waals surface area (Å²) in [5.74, 6) is -0.251. The number of nitrogens with zero attached hydrogens (tertiary/aromatic N) is 7. The molecule has 2 aromatic carbocycles. The highest BCUT2D eigenvalue weighted by Crippen LogP contribution is 2.29. The Bertz CT molecular complexity index is 2350. The van der Waals surface area contributed by atoms with Gasteiger partial charge in [-0.1, -0.05) is 36.4 Å². The number of fused-ring (bicyclic) bond motifs is 2. The van der Waals surface area contributed by atoms with E-state index in [4.69, 9.17) is 9.47 Å². The minimum absolute atomic E-state index is 0.0788. The number of piperazine rings is 1. The minimum atomic E-state index is -0.828. The number of amides is 5. The maximum atomic E-state index is 14.5. The van der Waals surface area contributed by atoms with E-state index < -0.39 is 18.2 Å². The molecule has 336 valence electrons. The largest absolute Gasteiger partial charge is 0.428 e. The van der Waals surface area contributed by atoms with E-state index in [2.05, 4.69) is 51.1 Å². The molecule has 5 heterocycles. The van der Waals surface area contributed by atoms with E-state index in [0.717, 1.165) is 66.4 Å². The van der Waals surface area contributed by atoms with Gasteiger partial charge in [-0.25, -0.2) is 19.1 Å².